The largest absolute Gasteiger partial charge is 0.378 e. The molecular formula is C12H25NO. The second-order valence-electron chi connectivity index (χ2n) is 5.32. The number of hydrogen-bond donors (Lipinski definition) is 1. The molecule has 1 aliphatic heterocycles. The summed E-state index contributed by atoms with van der Waals surface area (Å²) >= 11 is 0. The van der Waals surface area contributed by atoms with Gasteiger partial charge in [0.15, 0.2) is 0 Å². The first-order valence-electron chi connectivity index (χ1n) is 5.96. The number of likely N-dealkylation sites (tertiary alicyclic amines) is 1. The molecule has 0 amide bonds. The fourth-order valence-electron chi connectivity index (χ4n) is 2.39. The summed E-state index contributed by atoms with van der Waals surface area (Å²) in [6.07, 6.45) is 3.51. The minimum atomic E-state index is -0.235. The maximum atomic E-state index is 10.0. The zero-order valence-electron chi connectivity index (χ0n) is 10.0. The predicted octanol–water partition coefficient (Wildman–Crippen LogP) is 2.47. The van der Waals surface area contributed by atoms with Gasteiger partial charge in [0.25, 0.3) is 0 Å². The molecule has 0 saturated carbocycles. The third-order valence-electron chi connectivity index (χ3n) is 3.10. The van der Waals surface area contributed by atoms with Crippen molar-refractivity contribution in [3.8, 4) is 0 Å². The van der Waals surface area contributed by atoms with Gasteiger partial charge in [-0.25, -0.2) is 0 Å². The summed E-state index contributed by atoms with van der Waals surface area (Å²) in [7, 11) is 0. The summed E-state index contributed by atoms with van der Waals surface area (Å²) in [5.74, 6) is 1.09. The van der Waals surface area contributed by atoms with Crippen LogP contribution in [0.2, 0.25) is 0 Å². The fourth-order valence-corrected chi connectivity index (χ4v) is 2.39. The molecule has 1 unspecified atom stereocenters. The highest BCUT2D eigenvalue weighted by molar-refractivity contribution is 4.82. The van der Waals surface area contributed by atoms with E-state index in [2.05, 4.69) is 32.6 Å². The molecule has 0 radical (unpaired) electrons. The Morgan fingerprint density at radius 2 is 1.93 bits per heavy atom. The molecule has 0 spiro atoms. The Labute approximate surface area is 88.3 Å². The summed E-state index contributed by atoms with van der Waals surface area (Å²) in [5.41, 5.74) is 0. The number of aliphatic hydroxyl groups is 1. The number of rotatable bonds is 4. The maximum absolute atomic E-state index is 10.0. The van der Waals surface area contributed by atoms with E-state index in [1.165, 1.54) is 19.3 Å². The van der Waals surface area contributed by atoms with Crippen molar-refractivity contribution in [3.63, 3.8) is 0 Å². The van der Waals surface area contributed by atoms with E-state index >= 15 is 0 Å². The number of nitrogens with zero attached hydrogens (tertiary/aromatic N) is 1. The van der Waals surface area contributed by atoms with Gasteiger partial charge in [-0.15, -0.1) is 0 Å². The van der Waals surface area contributed by atoms with Crippen molar-refractivity contribution in [3.05, 3.63) is 0 Å². The van der Waals surface area contributed by atoms with Gasteiger partial charge in [0.05, 0.1) is 0 Å². The quantitative estimate of drug-likeness (QED) is 0.752. The Bertz CT molecular complexity index is 168. The molecule has 14 heavy (non-hydrogen) atoms. The molecule has 0 aromatic heterocycles. The zero-order valence-corrected chi connectivity index (χ0v) is 10.0. The van der Waals surface area contributed by atoms with Crippen LogP contribution in [0.25, 0.3) is 0 Å². The molecule has 2 atom stereocenters. The van der Waals surface area contributed by atoms with E-state index in [1.54, 1.807) is 0 Å². The molecule has 1 N–H and O–H groups in total. The Morgan fingerprint density at radius 3 is 2.43 bits per heavy atom. The summed E-state index contributed by atoms with van der Waals surface area (Å²) in [6, 6.07) is 0.618. The third-order valence-corrected chi connectivity index (χ3v) is 3.10. The number of hydrogen-bond acceptors (Lipinski definition) is 2. The van der Waals surface area contributed by atoms with Crippen LogP contribution in [0.4, 0.5) is 0 Å². The lowest BCUT2D eigenvalue weighted by molar-refractivity contribution is -0.0408. The van der Waals surface area contributed by atoms with Crippen molar-refractivity contribution >= 4 is 0 Å². The summed E-state index contributed by atoms with van der Waals surface area (Å²) < 4.78 is 0. The highest BCUT2D eigenvalue weighted by atomic mass is 16.3. The van der Waals surface area contributed by atoms with E-state index in [-0.39, 0.29) is 6.23 Å². The molecule has 0 aliphatic carbocycles. The van der Waals surface area contributed by atoms with Crippen molar-refractivity contribution in [2.24, 2.45) is 11.8 Å². The van der Waals surface area contributed by atoms with Crippen molar-refractivity contribution in [1.82, 2.24) is 4.90 Å². The van der Waals surface area contributed by atoms with Crippen LogP contribution in [0.5, 0.6) is 0 Å². The third kappa shape index (κ3) is 2.96. The van der Waals surface area contributed by atoms with Gasteiger partial charge in [-0.1, -0.05) is 27.7 Å². The molecule has 0 aromatic carbocycles. The Kier molecular flexibility index (Phi) is 4.39. The predicted molar refractivity (Wildman–Crippen MR) is 60.0 cm³/mol. The van der Waals surface area contributed by atoms with Gasteiger partial charge in [0.1, 0.15) is 6.23 Å². The van der Waals surface area contributed by atoms with Gasteiger partial charge in [-0.2, -0.15) is 0 Å². The zero-order chi connectivity index (χ0) is 10.7. The van der Waals surface area contributed by atoms with Crippen LogP contribution in [0.1, 0.15) is 47.0 Å². The number of aliphatic hydroxyl groups excluding tert-OH is 1. The van der Waals surface area contributed by atoms with Gasteiger partial charge in [0.2, 0.25) is 0 Å². The summed E-state index contributed by atoms with van der Waals surface area (Å²) in [4.78, 5) is 2.30. The van der Waals surface area contributed by atoms with E-state index in [1.807, 2.05) is 0 Å². The average molecular weight is 199 g/mol. The molecule has 2 heteroatoms. The molecule has 0 bridgehead atoms. The lowest BCUT2D eigenvalue weighted by atomic mass is 10.0. The minimum absolute atomic E-state index is 0.235. The molecule has 0 aromatic rings. The van der Waals surface area contributed by atoms with Crippen LogP contribution in [0.3, 0.4) is 0 Å². The Balaban J connectivity index is 2.50. The first kappa shape index (κ1) is 12.0. The highest BCUT2D eigenvalue weighted by Gasteiger charge is 2.31. The second-order valence-corrected chi connectivity index (χ2v) is 5.32. The molecule has 1 fully saturated rings. The average Bonchev–Trinajstić information content (AvgIpc) is 2.49. The molecule has 84 valence electrons. The summed E-state index contributed by atoms with van der Waals surface area (Å²) in [5, 5.41) is 10.0. The molecule has 1 saturated heterocycles. The van der Waals surface area contributed by atoms with Gasteiger partial charge in [-0.05, 0) is 31.1 Å². The van der Waals surface area contributed by atoms with Crippen LogP contribution < -0.4 is 0 Å². The van der Waals surface area contributed by atoms with E-state index in [0.29, 0.717) is 12.0 Å². The van der Waals surface area contributed by atoms with Crippen LogP contribution in [0, 0.1) is 11.8 Å². The van der Waals surface area contributed by atoms with E-state index in [9.17, 15) is 5.11 Å². The van der Waals surface area contributed by atoms with Crippen LogP contribution in [-0.2, 0) is 0 Å². The van der Waals surface area contributed by atoms with Gasteiger partial charge >= 0.3 is 0 Å². The Morgan fingerprint density at radius 1 is 1.29 bits per heavy atom. The van der Waals surface area contributed by atoms with Crippen molar-refractivity contribution in [2.75, 3.05) is 6.54 Å². The van der Waals surface area contributed by atoms with Gasteiger partial charge in [0, 0.05) is 12.6 Å². The summed E-state index contributed by atoms with van der Waals surface area (Å²) in [6.45, 7) is 9.79. The first-order chi connectivity index (χ1) is 6.52. The normalized spacial score (nSPS) is 26.4. The topological polar surface area (TPSA) is 23.5 Å². The standard InChI is InChI=1S/C12H25NO/c1-9(2)8-11-6-5-7-13(11)12(14)10(3)4/h9-12,14H,5-8H2,1-4H3/t11-,12?/m0/s1. The van der Waals surface area contributed by atoms with Crippen molar-refractivity contribution in [2.45, 2.75) is 59.2 Å². The van der Waals surface area contributed by atoms with Crippen LogP contribution in [-0.4, -0.2) is 28.8 Å². The molecule has 1 heterocycles. The molecular weight excluding hydrogens is 174 g/mol. The van der Waals surface area contributed by atoms with Crippen molar-refractivity contribution < 1.29 is 5.11 Å². The van der Waals surface area contributed by atoms with Gasteiger partial charge < -0.3 is 5.11 Å². The van der Waals surface area contributed by atoms with E-state index < -0.39 is 0 Å². The highest BCUT2D eigenvalue weighted by Crippen LogP contribution is 2.26. The lowest BCUT2D eigenvalue weighted by Crippen LogP contribution is -2.42. The van der Waals surface area contributed by atoms with E-state index in [0.717, 1.165) is 12.5 Å². The molecule has 2 nitrogen and oxygen atoms in total. The van der Waals surface area contributed by atoms with Crippen LogP contribution >= 0.6 is 0 Å². The minimum Gasteiger partial charge on any atom is -0.378 e. The van der Waals surface area contributed by atoms with Crippen LogP contribution in [0.15, 0.2) is 0 Å². The van der Waals surface area contributed by atoms with Gasteiger partial charge in [-0.3, -0.25) is 4.90 Å². The monoisotopic (exact) mass is 199 g/mol. The molecule has 1 aliphatic rings. The fraction of sp³-hybridized carbons (Fsp3) is 1.00. The SMILES string of the molecule is CC(C)C[C@@H]1CCCN1C(O)C(C)C. The lowest BCUT2D eigenvalue weighted by Gasteiger charge is -2.32. The van der Waals surface area contributed by atoms with E-state index in [4.69, 9.17) is 0 Å². The maximum Gasteiger partial charge on any atom is 0.109 e. The molecule has 1 rings (SSSR count). The smallest absolute Gasteiger partial charge is 0.109 e. The Hall–Kier alpha value is -0.0800. The second kappa shape index (κ2) is 5.13. The first-order valence-corrected chi connectivity index (χ1v) is 5.96. The van der Waals surface area contributed by atoms with Crippen molar-refractivity contribution in [1.29, 1.82) is 0 Å².